The Labute approximate surface area is 81.4 Å². The lowest BCUT2D eigenvalue weighted by atomic mass is 10.1. The van der Waals surface area contributed by atoms with Crippen LogP contribution < -0.4 is 0 Å². The summed E-state index contributed by atoms with van der Waals surface area (Å²) in [7, 11) is 0. The van der Waals surface area contributed by atoms with Gasteiger partial charge in [0, 0.05) is 6.42 Å². The number of hydrogen-bond acceptors (Lipinski definition) is 1. The van der Waals surface area contributed by atoms with Crippen molar-refractivity contribution >= 4 is 5.97 Å². The van der Waals surface area contributed by atoms with Gasteiger partial charge >= 0.3 is 5.97 Å². The number of carboxylic acid groups (broad SMARTS) is 1. The van der Waals surface area contributed by atoms with Crippen LogP contribution in [0.25, 0.3) is 0 Å². The number of carboxylic acids is 1. The molecule has 2 rings (SSSR count). The molecule has 1 saturated carbocycles. The van der Waals surface area contributed by atoms with Crippen LogP contribution in [0.4, 0.5) is 4.39 Å². The number of aryl methyl sites for hydroxylation is 1. The monoisotopic (exact) mass is 194 g/mol. The fraction of sp³-hybridized carbons (Fsp3) is 0.364. The van der Waals surface area contributed by atoms with Gasteiger partial charge < -0.3 is 5.11 Å². The van der Waals surface area contributed by atoms with Gasteiger partial charge in [0.2, 0.25) is 0 Å². The van der Waals surface area contributed by atoms with Crippen molar-refractivity contribution in [2.45, 2.75) is 19.0 Å². The molecule has 0 bridgehead atoms. The van der Waals surface area contributed by atoms with Crippen molar-refractivity contribution in [3.63, 3.8) is 0 Å². The molecule has 1 aliphatic rings. The van der Waals surface area contributed by atoms with Gasteiger partial charge in [0.25, 0.3) is 0 Å². The molecule has 1 aromatic carbocycles. The highest BCUT2D eigenvalue weighted by atomic mass is 19.1. The van der Waals surface area contributed by atoms with Crippen molar-refractivity contribution in [2.24, 2.45) is 5.92 Å². The molecule has 1 fully saturated rings. The van der Waals surface area contributed by atoms with Gasteiger partial charge in [-0.25, -0.2) is 4.39 Å². The number of halogens is 1. The van der Waals surface area contributed by atoms with Crippen LogP contribution in [0, 0.1) is 12.8 Å². The summed E-state index contributed by atoms with van der Waals surface area (Å²) in [6.07, 6.45) is 0.103. The lowest BCUT2D eigenvalue weighted by Crippen LogP contribution is -2.09. The molecule has 0 spiro atoms. The SMILES string of the molecule is Cc1ccc([C@@]2(F)C[C@@H]2C(=O)O)cc1. The zero-order valence-electron chi connectivity index (χ0n) is 7.83. The van der Waals surface area contributed by atoms with Gasteiger partial charge in [-0.2, -0.15) is 0 Å². The summed E-state index contributed by atoms with van der Waals surface area (Å²) in [5.74, 6) is -1.90. The second-order valence-electron chi connectivity index (χ2n) is 3.82. The Kier molecular flexibility index (Phi) is 1.84. The number of hydrogen-bond donors (Lipinski definition) is 1. The maximum absolute atomic E-state index is 13.9. The minimum Gasteiger partial charge on any atom is -0.481 e. The van der Waals surface area contributed by atoms with Crippen LogP contribution in [-0.2, 0) is 10.5 Å². The van der Waals surface area contributed by atoms with Crippen molar-refractivity contribution in [2.75, 3.05) is 0 Å². The van der Waals surface area contributed by atoms with Crippen LogP contribution in [0.1, 0.15) is 17.5 Å². The smallest absolute Gasteiger partial charge is 0.310 e. The highest BCUT2D eigenvalue weighted by Gasteiger charge is 2.61. The van der Waals surface area contributed by atoms with E-state index in [1.807, 2.05) is 6.92 Å². The summed E-state index contributed by atoms with van der Waals surface area (Å²) in [5, 5.41) is 8.66. The van der Waals surface area contributed by atoms with Gasteiger partial charge in [-0.1, -0.05) is 29.8 Å². The third kappa shape index (κ3) is 1.29. The minimum absolute atomic E-state index is 0.103. The Morgan fingerprint density at radius 2 is 2.07 bits per heavy atom. The van der Waals surface area contributed by atoms with Crippen molar-refractivity contribution < 1.29 is 14.3 Å². The van der Waals surface area contributed by atoms with Crippen LogP contribution >= 0.6 is 0 Å². The average Bonchev–Trinajstić information content (AvgIpc) is 2.80. The van der Waals surface area contributed by atoms with Crippen LogP contribution in [0.2, 0.25) is 0 Å². The van der Waals surface area contributed by atoms with Gasteiger partial charge in [0.1, 0.15) is 5.67 Å². The molecule has 0 saturated heterocycles. The summed E-state index contributed by atoms with van der Waals surface area (Å²) < 4.78 is 13.9. The number of benzene rings is 1. The topological polar surface area (TPSA) is 37.3 Å². The van der Waals surface area contributed by atoms with Gasteiger partial charge in [0.05, 0.1) is 5.92 Å². The average molecular weight is 194 g/mol. The van der Waals surface area contributed by atoms with E-state index in [0.29, 0.717) is 5.56 Å². The molecule has 0 heterocycles. The van der Waals surface area contributed by atoms with Crippen LogP contribution in [0.3, 0.4) is 0 Å². The lowest BCUT2D eigenvalue weighted by Gasteiger charge is -2.06. The Morgan fingerprint density at radius 1 is 1.50 bits per heavy atom. The normalized spacial score (nSPS) is 30.0. The summed E-state index contributed by atoms with van der Waals surface area (Å²) in [6, 6.07) is 6.93. The van der Waals surface area contributed by atoms with Gasteiger partial charge in [0.15, 0.2) is 0 Å². The fourth-order valence-electron chi connectivity index (χ4n) is 1.67. The largest absolute Gasteiger partial charge is 0.481 e. The highest BCUT2D eigenvalue weighted by molar-refractivity contribution is 5.76. The molecule has 14 heavy (non-hydrogen) atoms. The van der Waals surface area contributed by atoms with Gasteiger partial charge in [-0.05, 0) is 12.5 Å². The van der Waals surface area contributed by atoms with E-state index in [9.17, 15) is 9.18 Å². The van der Waals surface area contributed by atoms with E-state index in [1.165, 1.54) is 0 Å². The predicted molar refractivity (Wildman–Crippen MR) is 49.7 cm³/mol. The van der Waals surface area contributed by atoms with Crippen molar-refractivity contribution in [1.82, 2.24) is 0 Å². The Balaban J connectivity index is 2.25. The fourth-order valence-corrected chi connectivity index (χ4v) is 1.67. The third-order valence-corrected chi connectivity index (χ3v) is 2.72. The molecule has 2 atom stereocenters. The lowest BCUT2D eigenvalue weighted by molar-refractivity contribution is -0.139. The van der Waals surface area contributed by atoms with Gasteiger partial charge in [-0.3, -0.25) is 4.79 Å². The maximum atomic E-state index is 13.9. The van der Waals surface area contributed by atoms with Crippen LogP contribution in [0.5, 0.6) is 0 Å². The molecule has 2 nitrogen and oxygen atoms in total. The highest BCUT2D eigenvalue weighted by Crippen LogP contribution is 2.55. The molecule has 0 aromatic heterocycles. The van der Waals surface area contributed by atoms with Crippen molar-refractivity contribution in [3.8, 4) is 0 Å². The third-order valence-electron chi connectivity index (χ3n) is 2.72. The summed E-state index contributed by atoms with van der Waals surface area (Å²) in [4.78, 5) is 10.6. The van der Waals surface area contributed by atoms with Crippen molar-refractivity contribution in [3.05, 3.63) is 35.4 Å². The molecular weight excluding hydrogens is 183 g/mol. The van der Waals surface area contributed by atoms with Crippen LogP contribution in [0.15, 0.2) is 24.3 Å². The Bertz CT molecular complexity index is 371. The predicted octanol–water partition coefficient (Wildman–Crippen LogP) is 2.26. The van der Waals surface area contributed by atoms with E-state index < -0.39 is 17.6 Å². The summed E-state index contributed by atoms with van der Waals surface area (Å²) in [5.41, 5.74) is -0.0973. The summed E-state index contributed by atoms with van der Waals surface area (Å²) >= 11 is 0. The number of rotatable bonds is 2. The van der Waals surface area contributed by atoms with E-state index >= 15 is 0 Å². The van der Waals surface area contributed by atoms with E-state index in [2.05, 4.69) is 0 Å². The second-order valence-corrected chi connectivity index (χ2v) is 3.82. The second kappa shape index (κ2) is 2.80. The zero-order chi connectivity index (χ0) is 10.3. The minimum atomic E-state index is -1.63. The quantitative estimate of drug-likeness (QED) is 0.784. The molecule has 74 valence electrons. The first-order valence-corrected chi connectivity index (χ1v) is 4.53. The van der Waals surface area contributed by atoms with E-state index in [0.717, 1.165) is 5.56 Å². The summed E-state index contributed by atoms with van der Waals surface area (Å²) in [6.45, 7) is 1.91. The Morgan fingerprint density at radius 3 is 2.50 bits per heavy atom. The first-order valence-electron chi connectivity index (χ1n) is 4.53. The molecule has 0 aliphatic heterocycles. The molecule has 3 heteroatoms. The Hall–Kier alpha value is -1.38. The molecule has 1 N–H and O–H groups in total. The zero-order valence-corrected chi connectivity index (χ0v) is 7.83. The van der Waals surface area contributed by atoms with E-state index in [-0.39, 0.29) is 6.42 Å². The van der Waals surface area contributed by atoms with E-state index in [1.54, 1.807) is 24.3 Å². The van der Waals surface area contributed by atoms with Crippen LogP contribution in [-0.4, -0.2) is 11.1 Å². The molecule has 1 aliphatic carbocycles. The van der Waals surface area contributed by atoms with E-state index in [4.69, 9.17) is 5.11 Å². The standard InChI is InChI=1S/C11H11FO2/c1-7-2-4-8(5-3-7)11(12)6-9(11)10(13)14/h2-5,9H,6H2,1H3,(H,13,14)/t9-,11+/m1/s1. The first kappa shape index (κ1) is 9.19. The molecule has 0 unspecified atom stereocenters. The number of carbonyl (C=O) groups is 1. The van der Waals surface area contributed by atoms with Gasteiger partial charge in [-0.15, -0.1) is 0 Å². The molecule has 0 amide bonds. The molecular formula is C11H11FO2. The molecule has 1 aromatic rings. The number of alkyl halides is 1. The number of aliphatic carboxylic acids is 1. The van der Waals surface area contributed by atoms with Crippen molar-refractivity contribution in [1.29, 1.82) is 0 Å². The molecule has 0 radical (unpaired) electrons. The first-order chi connectivity index (χ1) is 6.54. The maximum Gasteiger partial charge on any atom is 0.310 e.